The molecule has 0 unspecified atom stereocenters. The van der Waals surface area contributed by atoms with Crippen LogP contribution in [0, 0.1) is 18.8 Å². The minimum absolute atomic E-state index is 0.334. The van der Waals surface area contributed by atoms with Crippen molar-refractivity contribution in [3.63, 3.8) is 0 Å². The van der Waals surface area contributed by atoms with Gasteiger partial charge in [0, 0.05) is 23.3 Å². The number of esters is 2. The molecule has 0 saturated heterocycles. The average Bonchev–Trinajstić information content (AvgIpc) is 3.35. The number of hydrogen-bond donors (Lipinski definition) is 0. The van der Waals surface area contributed by atoms with E-state index in [-0.39, 0.29) is 11.9 Å². The fourth-order valence-corrected chi connectivity index (χ4v) is 7.13. The van der Waals surface area contributed by atoms with E-state index in [0.717, 1.165) is 89.5 Å². The first kappa shape index (κ1) is 53.3. The van der Waals surface area contributed by atoms with Crippen LogP contribution >= 0.6 is 0 Å². The molecule has 0 N–H and O–H groups in total. The number of benzene rings is 4. The molecule has 10 heteroatoms. The van der Waals surface area contributed by atoms with Crippen LogP contribution in [0.5, 0.6) is 11.5 Å². The molecule has 0 bridgehead atoms. The standard InChI is InChI=1S/C57H72N4O6/c1-4-56(62)66-44-24-20-16-12-8-6-10-14-18-22-42-64-54-38-34-51(35-39-54)59-58-50-31-27-48(28-32-50)26-29-49-30-33-53(46-47(49)3)61-60-52-36-40-55(41-37-52)65-43-23-19-15-11-7-9-13-17-21-25-45-67-57(63)5-2/h4-5,27-28,30-41,46H,1-2,6-25,42-45H2,3H3. The summed E-state index contributed by atoms with van der Waals surface area (Å²) >= 11 is 0. The highest BCUT2D eigenvalue weighted by Gasteiger charge is 2.02. The number of aryl methyl sites for hydroxylation is 1. The number of carbonyl (C=O) groups is 2. The fraction of sp³-hybridized carbons (Fsp3) is 0.439. The normalized spacial score (nSPS) is 11.0. The molecule has 0 spiro atoms. The van der Waals surface area contributed by atoms with Crippen molar-refractivity contribution in [2.75, 3.05) is 26.4 Å². The van der Waals surface area contributed by atoms with Gasteiger partial charge in [-0.2, -0.15) is 20.5 Å². The first-order valence-corrected chi connectivity index (χ1v) is 24.5. The Hall–Kier alpha value is -6.34. The summed E-state index contributed by atoms with van der Waals surface area (Å²) in [6.45, 7) is 11.3. The SMILES string of the molecule is C=CC(=O)OCCCCCCCCCCCCOc1ccc(N=Nc2ccc(C#Cc3ccc(N=Nc4ccc(OCCCCCCCCCCCCOC(=O)C=C)cc4)cc3C)cc2)cc1. The highest BCUT2D eigenvalue weighted by Crippen LogP contribution is 2.25. The van der Waals surface area contributed by atoms with Crippen LogP contribution < -0.4 is 9.47 Å². The summed E-state index contributed by atoms with van der Waals surface area (Å²) in [5.74, 6) is 7.56. The van der Waals surface area contributed by atoms with Gasteiger partial charge in [0.2, 0.25) is 0 Å². The maximum Gasteiger partial charge on any atom is 0.330 e. The van der Waals surface area contributed by atoms with Crippen molar-refractivity contribution in [1.82, 2.24) is 0 Å². The van der Waals surface area contributed by atoms with Gasteiger partial charge in [-0.3, -0.25) is 0 Å². The van der Waals surface area contributed by atoms with Crippen molar-refractivity contribution in [3.05, 3.63) is 133 Å². The predicted octanol–water partition coefficient (Wildman–Crippen LogP) is 16.2. The van der Waals surface area contributed by atoms with Crippen molar-refractivity contribution in [3.8, 4) is 23.3 Å². The fourth-order valence-electron chi connectivity index (χ4n) is 7.13. The Bertz CT molecular complexity index is 2150. The minimum atomic E-state index is -0.334. The second-order valence-corrected chi connectivity index (χ2v) is 16.7. The molecule has 67 heavy (non-hydrogen) atoms. The van der Waals surface area contributed by atoms with E-state index in [1.165, 1.54) is 102 Å². The quantitative estimate of drug-likeness (QED) is 0.0151. The first-order chi connectivity index (χ1) is 32.9. The number of rotatable bonds is 34. The Balaban J connectivity index is 1.04. The van der Waals surface area contributed by atoms with Crippen LogP contribution in [0.2, 0.25) is 0 Å². The van der Waals surface area contributed by atoms with Crippen LogP contribution in [0.15, 0.2) is 137 Å². The second-order valence-electron chi connectivity index (χ2n) is 16.7. The first-order valence-electron chi connectivity index (χ1n) is 24.5. The molecule has 0 aliphatic heterocycles. The van der Waals surface area contributed by atoms with E-state index >= 15 is 0 Å². The van der Waals surface area contributed by atoms with Crippen LogP contribution in [-0.4, -0.2) is 38.4 Å². The third-order valence-electron chi connectivity index (χ3n) is 11.1. The van der Waals surface area contributed by atoms with Gasteiger partial charge in [0.25, 0.3) is 0 Å². The van der Waals surface area contributed by atoms with E-state index < -0.39 is 0 Å². The molecule has 0 atom stereocenters. The van der Waals surface area contributed by atoms with Crippen LogP contribution in [0.25, 0.3) is 0 Å². The zero-order valence-corrected chi connectivity index (χ0v) is 39.9. The van der Waals surface area contributed by atoms with Crippen LogP contribution in [0.3, 0.4) is 0 Å². The van der Waals surface area contributed by atoms with E-state index in [0.29, 0.717) is 26.4 Å². The number of azo groups is 2. The molecule has 0 amide bonds. The maximum atomic E-state index is 11.0. The number of unbranched alkanes of at least 4 members (excludes halogenated alkanes) is 18. The van der Waals surface area contributed by atoms with E-state index in [1.807, 2.05) is 97.9 Å². The lowest BCUT2D eigenvalue weighted by Gasteiger charge is -2.06. The van der Waals surface area contributed by atoms with Crippen molar-refractivity contribution in [1.29, 1.82) is 0 Å². The maximum absolute atomic E-state index is 11.0. The van der Waals surface area contributed by atoms with Crippen molar-refractivity contribution in [2.45, 2.75) is 135 Å². The predicted molar refractivity (Wildman–Crippen MR) is 270 cm³/mol. The molecule has 0 radical (unpaired) electrons. The molecular weight excluding hydrogens is 837 g/mol. The van der Waals surface area contributed by atoms with Gasteiger partial charge in [0.05, 0.1) is 49.2 Å². The number of ether oxygens (including phenoxy) is 4. The largest absolute Gasteiger partial charge is 0.494 e. The molecule has 0 aromatic heterocycles. The van der Waals surface area contributed by atoms with Gasteiger partial charge in [-0.15, -0.1) is 0 Å². The van der Waals surface area contributed by atoms with Crippen molar-refractivity contribution >= 4 is 34.7 Å². The average molecular weight is 909 g/mol. The van der Waals surface area contributed by atoms with Crippen LogP contribution in [0.4, 0.5) is 22.7 Å². The molecule has 0 aliphatic carbocycles. The summed E-state index contributed by atoms with van der Waals surface area (Å²) in [5, 5.41) is 17.7. The summed E-state index contributed by atoms with van der Waals surface area (Å²) < 4.78 is 21.9. The van der Waals surface area contributed by atoms with Gasteiger partial charge in [0.15, 0.2) is 0 Å². The lowest BCUT2D eigenvalue weighted by molar-refractivity contribution is -0.138. The molecule has 4 aromatic carbocycles. The van der Waals surface area contributed by atoms with Gasteiger partial charge >= 0.3 is 11.9 Å². The zero-order valence-electron chi connectivity index (χ0n) is 39.9. The Morgan fingerprint density at radius 1 is 0.433 bits per heavy atom. The van der Waals surface area contributed by atoms with E-state index in [2.05, 4.69) is 45.5 Å². The lowest BCUT2D eigenvalue weighted by Crippen LogP contribution is -2.01. The van der Waals surface area contributed by atoms with E-state index in [9.17, 15) is 9.59 Å². The monoisotopic (exact) mass is 909 g/mol. The smallest absolute Gasteiger partial charge is 0.330 e. The van der Waals surface area contributed by atoms with Crippen molar-refractivity contribution in [2.24, 2.45) is 20.5 Å². The van der Waals surface area contributed by atoms with E-state index in [1.54, 1.807) is 0 Å². The van der Waals surface area contributed by atoms with E-state index in [4.69, 9.17) is 18.9 Å². The van der Waals surface area contributed by atoms with Gasteiger partial charge in [-0.05, 0) is 129 Å². The summed E-state index contributed by atoms with van der Waals surface area (Å²) in [6, 6.07) is 29.1. The number of carbonyl (C=O) groups excluding carboxylic acids is 2. The molecule has 0 fully saturated rings. The zero-order chi connectivity index (χ0) is 47.4. The van der Waals surface area contributed by atoms with Crippen LogP contribution in [0.1, 0.15) is 145 Å². The highest BCUT2D eigenvalue weighted by atomic mass is 16.5. The Kier molecular flexibility index (Phi) is 27.1. The Morgan fingerprint density at radius 3 is 1.13 bits per heavy atom. The summed E-state index contributed by atoms with van der Waals surface area (Å²) in [4.78, 5) is 22.1. The summed E-state index contributed by atoms with van der Waals surface area (Å²) in [7, 11) is 0. The Morgan fingerprint density at radius 2 is 0.761 bits per heavy atom. The topological polar surface area (TPSA) is 120 Å². The molecule has 356 valence electrons. The molecule has 0 aliphatic rings. The molecule has 4 rings (SSSR count). The van der Waals surface area contributed by atoms with Gasteiger partial charge in [-0.25, -0.2) is 9.59 Å². The lowest BCUT2D eigenvalue weighted by atomic mass is 10.1. The van der Waals surface area contributed by atoms with Gasteiger partial charge in [-0.1, -0.05) is 128 Å². The summed E-state index contributed by atoms with van der Waals surface area (Å²) in [6.07, 6.45) is 25.9. The summed E-state index contributed by atoms with van der Waals surface area (Å²) in [5.41, 5.74) is 5.91. The van der Waals surface area contributed by atoms with Gasteiger partial charge in [0.1, 0.15) is 11.5 Å². The molecule has 0 saturated carbocycles. The molecular formula is C57H72N4O6. The second kappa shape index (κ2) is 34.0. The Labute approximate surface area is 400 Å². The van der Waals surface area contributed by atoms with Gasteiger partial charge < -0.3 is 18.9 Å². The van der Waals surface area contributed by atoms with Crippen molar-refractivity contribution < 1.29 is 28.5 Å². The molecule has 0 heterocycles. The third kappa shape index (κ3) is 24.7. The molecule has 4 aromatic rings. The third-order valence-corrected chi connectivity index (χ3v) is 11.1. The number of hydrogen-bond acceptors (Lipinski definition) is 10. The number of nitrogens with zero attached hydrogens (tertiary/aromatic N) is 4. The minimum Gasteiger partial charge on any atom is -0.494 e. The molecule has 10 nitrogen and oxygen atoms in total. The van der Waals surface area contributed by atoms with Crippen LogP contribution in [-0.2, 0) is 19.1 Å². The highest BCUT2D eigenvalue weighted by molar-refractivity contribution is 5.81.